The van der Waals surface area contributed by atoms with Crippen LogP contribution in [0.15, 0.2) is 82.3 Å². The van der Waals surface area contributed by atoms with Crippen molar-refractivity contribution in [3.8, 4) is 16.9 Å². The summed E-state index contributed by atoms with van der Waals surface area (Å²) in [6.45, 7) is 1.52. The minimum atomic E-state index is -4.92. The fourth-order valence-corrected chi connectivity index (χ4v) is 4.34. The van der Waals surface area contributed by atoms with Crippen molar-refractivity contribution in [1.82, 2.24) is 0 Å². The SMILES string of the molecule is C/C(=C\C(=C/[NH3+])c1sccc1-c1cc(Br)ccc1OCc1ccccc1)C(=O)C(F)(F)F. The van der Waals surface area contributed by atoms with Crippen LogP contribution in [0.5, 0.6) is 5.75 Å². The van der Waals surface area contributed by atoms with Gasteiger partial charge in [-0.25, -0.2) is 0 Å². The van der Waals surface area contributed by atoms with Crippen molar-refractivity contribution in [2.45, 2.75) is 19.7 Å². The van der Waals surface area contributed by atoms with Crippen LogP contribution in [0.1, 0.15) is 17.4 Å². The van der Waals surface area contributed by atoms with E-state index in [1.807, 2.05) is 60.0 Å². The Morgan fingerprint density at radius 2 is 1.84 bits per heavy atom. The topological polar surface area (TPSA) is 53.9 Å². The number of hydrogen-bond acceptors (Lipinski definition) is 3. The Labute approximate surface area is 196 Å². The summed E-state index contributed by atoms with van der Waals surface area (Å²) in [6.07, 6.45) is -2.25. The zero-order chi connectivity index (χ0) is 23.3. The van der Waals surface area contributed by atoms with Gasteiger partial charge in [-0.05, 0) is 48.2 Å². The number of allylic oxidation sites excluding steroid dienone is 3. The van der Waals surface area contributed by atoms with Gasteiger partial charge < -0.3 is 10.5 Å². The molecule has 3 nitrogen and oxygen atoms in total. The van der Waals surface area contributed by atoms with E-state index in [9.17, 15) is 18.0 Å². The summed E-state index contributed by atoms with van der Waals surface area (Å²) in [5.41, 5.74) is 6.32. The molecule has 3 rings (SSSR count). The van der Waals surface area contributed by atoms with Gasteiger partial charge in [0.05, 0.1) is 6.20 Å². The highest BCUT2D eigenvalue weighted by Gasteiger charge is 2.39. The van der Waals surface area contributed by atoms with E-state index < -0.39 is 17.5 Å². The first kappa shape index (κ1) is 24.0. The highest BCUT2D eigenvalue weighted by molar-refractivity contribution is 9.10. The lowest BCUT2D eigenvalue weighted by Crippen LogP contribution is -2.39. The maximum absolute atomic E-state index is 12.8. The van der Waals surface area contributed by atoms with Crippen molar-refractivity contribution in [2.24, 2.45) is 0 Å². The number of quaternary nitrogens is 1. The van der Waals surface area contributed by atoms with Crippen LogP contribution in [0, 0.1) is 0 Å². The fourth-order valence-electron chi connectivity index (χ4n) is 3.06. The van der Waals surface area contributed by atoms with Crippen molar-refractivity contribution in [2.75, 3.05) is 0 Å². The molecule has 0 amide bonds. The van der Waals surface area contributed by atoms with Crippen LogP contribution in [0.3, 0.4) is 0 Å². The normalized spacial score (nSPS) is 12.7. The Bertz CT molecular complexity index is 1170. The van der Waals surface area contributed by atoms with E-state index in [-0.39, 0.29) is 0 Å². The van der Waals surface area contributed by atoms with Gasteiger partial charge >= 0.3 is 6.18 Å². The van der Waals surface area contributed by atoms with Gasteiger partial charge in [-0.15, -0.1) is 11.3 Å². The second kappa shape index (κ2) is 10.3. The number of carbonyl (C=O) groups is 1. The van der Waals surface area contributed by atoms with E-state index in [0.29, 0.717) is 22.8 Å². The molecule has 0 unspecified atom stereocenters. The molecule has 0 aliphatic carbocycles. The molecule has 0 saturated heterocycles. The van der Waals surface area contributed by atoms with Crippen molar-refractivity contribution in [3.05, 3.63) is 92.7 Å². The summed E-state index contributed by atoms with van der Waals surface area (Å²) >= 11 is 4.83. The molecule has 0 saturated carbocycles. The van der Waals surface area contributed by atoms with Crippen LogP contribution >= 0.6 is 27.3 Å². The first-order valence-electron chi connectivity index (χ1n) is 9.54. The number of rotatable bonds is 7. The minimum absolute atomic E-state index is 0.367. The molecule has 32 heavy (non-hydrogen) atoms. The molecule has 1 aromatic heterocycles. The highest BCUT2D eigenvalue weighted by atomic mass is 79.9. The summed E-state index contributed by atoms with van der Waals surface area (Å²) in [5.74, 6) is -1.24. The first-order chi connectivity index (χ1) is 15.2. The second-order valence-corrected chi connectivity index (χ2v) is 8.72. The third-order valence-electron chi connectivity index (χ3n) is 4.60. The van der Waals surface area contributed by atoms with Gasteiger partial charge in [0, 0.05) is 31.6 Å². The zero-order valence-electron chi connectivity index (χ0n) is 17.1. The maximum atomic E-state index is 12.8. The van der Waals surface area contributed by atoms with Gasteiger partial charge in [0.25, 0.3) is 5.78 Å². The van der Waals surface area contributed by atoms with E-state index in [1.54, 1.807) is 0 Å². The van der Waals surface area contributed by atoms with Crippen LogP contribution in [-0.4, -0.2) is 12.0 Å². The van der Waals surface area contributed by atoms with E-state index >= 15 is 0 Å². The van der Waals surface area contributed by atoms with Gasteiger partial charge in [-0.2, -0.15) is 13.2 Å². The summed E-state index contributed by atoms with van der Waals surface area (Å²) < 4.78 is 45.3. The lowest BCUT2D eigenvalue weighted by molar-refractivity contribution is -0.273. The van der Waals surface area contributed by atoms with Crippen molar-refractivity contribution >= 4 is 38.6 Å². The molecule has 1 heterocycles. The molecule has 3 aromatic rings. The molecule has 166 valence electrons. The monoisotopic (exact) mass is 522 g/mol. The van der Waals surface area contributed by atoms with Crippen LogP contribution in [0.4, 0.5) is 13.2 Å². The predicted molar refractivity (Wildman–Crippen MR) is 124 cm³/mol. The summed E-state index contributed by atoms with van der Waals surface area (Å²) in [4.78, 5) is 12.3. The number of thiophene rings is 1. The Balaban J connectivity index is 1.98. The molecule has 0 fully saturated rings. The predicted octanol–water partition coefficient (Wildman–Crippen LogP) is 6.42. The van der Waals surface area contributed by atoms with Crippen LogP contribution < -0.4 is 10.5 Å². The molecule has 0 aliphatic rings. The van der Waals surface area contributed by atoms with Gasteiger partial charge in [0.2, 0.25) is 0 Å². The van der Waals surface area contributed by atoms with Crippen molar-refractivity contribution in [1.29, 1.82) is 0 Å². The largest absolute Gasteiger partial charge is 0.488 e. The van der Waals surface area contributed by atoms with E-state index in [1.165, 1.54) is 23.6 Å². The molecule has 0 radical (unpaired) electrons. The molecular weight excluding hydrogens is 503 g/mol. The minimum Gasteiger partial charge on any atom is -0.488 e. The lowest BCUT2D eigenvalue weighted by Gasteiger charge is -2.13. The quantitative estimate of drug-likeness (QED) is 0.287. The highest BCUT2D eigenvalue weighted by Crippen LogP contribution is 2.40. The van der Waals surface area contributed by atoms with Crippen LogP contribution in [-0.2, 0) is 11.4 Å². The summed E-state index contributed by atoms with van der Waals surface area (Å²) in [5, 5.41) is 1.84. The molecule has 3 N–H and O–H groups in total. The summed E-state index contributed by atoms with van der Waals surface area (Å²) in [7, 11) is 0. The molecular formula is C24H20BrF3NO2S+. The smallest absolute Gasteiger partial charge is 0.454 e. The Hall–Kier alpha value is -2.68. The number of Topliss-reactive ketones (excluding diaryl/α,β-unsaturated/α-hetero) is 1. The van der Waals surface area contributed by atoms with E-state index in [2.05, 4.69) is 21.7 Å². The van der Waals surface area contributed by atoms with Crippen molar-refractivity contribution in [3.63, 3.8) is 0 Å². The van der Waals surface area contributed by atoms with Crippen LogP contribution in [0.2, 0.25) is 0 Å². The average molecular weight is 523 g/mol. The zero-order valence-corrected chi connectivity index (χ0v) is 19.5. The number of alkyl halides is 3. The van der Waals surface area contributed by atoms with Crippen molar-refractivity contribution < 1.29 is 28.4 Å². The number of ketones is 1. The van der Waals surface area contributed by atoms with E-state index in [0.717, 1.165) is 28.1 Å². The van der Waals surface area contributed by atoms with Gasteiger partial charge in [-0.1, -0.05) is 46.3 Å². The molecule has 0 aliphatic heterocycles. The van der Waals surface area contributed by atoms with Crippen LogP contribution in [0.25, 0.3) is 16.7 Å². The van der Waals surface area contributed by atoms with Gasteiger partial charge in [-0.3, -0.25) is 4.79 Å². The molecule has 0 atom stereocenters. The third kappa shape index (κ3) is 5.76. The third-order valence-corrected chi connectivity index (χ3v) is 6.06. The Kier molecular flexibility index (Phi) is 7.71. The number of ether oxygens (including phenoxy) is 1. The average Bonchev–Trinajstić information content (AvgIpc) is 3.25. The fraction of sp³-hybridized carbons (Fsp3) is 0.125. The van der Waals surface area contributed by atoms with Gasteiger partial charge in [0.1, 0.15) is 12.4 Å². The Morgan fingerprint density at radius 3 is 2.50 bits per heavy atom. The molecule has 0 bridgehead atoms. The molecule has 8 heteroatoms. The van der Waals surface area contributed by atoms with Gasteiger partial charge in [0.15, 0.2) is 0 Å². The first-order valence-corrected chi connectivity index (χ1v) is 11.2. The standard InChI is InChI=1S/C24H19BrF3NO2S/c1-15(23(30)24(26,27)28)11-17(13-29)22-19(9-10-32-22)20-12-18(25)7-8-21(20)31-14-16-5-3-2-4-6-16/h2-13H,14,29H2,1H3/p+1/b15-11+,17-13+. The second-order valence-electron chi connectivity index (χ2n) is 6.89. The summed E-state index contributed by atoms with van der Waals surface area (Å²) in [6, 6.07) is 17.2. The number of halogens is 4. The number of hydrogen-bond donors (Lipinski definition) is 1. The maximum Gasteiger partial charge on any atom is 0.454 e. The molecule has 0 spiro atoms. The number of carbonyl (C=O) groups excluding carboxylic acids is 1. The lowest BCUT2D eigenvalue weighted by atomic mass is 10.0. The Morgan fingerprint density at radius 1 is 1.12 bits per heavy atom. The van der Waals surface area contributed by atoms with E-state index in [4.69, 9.17) is 4.74 Å². The number of benzene rings is 2. The molecule has 2 aromatic carbocycles.